The van der Waals surface area contributed by atoms with E-state index in [0.29, 0.717) is 47.2 Å². The number of nitrogens with one attached hydrogen (secondary N) is 4. The van der Waals surface area contributed by atoms with Gasteiger partial charge in [-0.05, 0) is 122 Å². The molecule has 1 unspecified atom stereocenters. The summed E-state index contributed by atoms with van der Waals surface area (Å²) in [5.41, 5.74) is -8.24. The summed E-state index contributed by atoms with van der Waals surface area (Å²) < 4.78 is 305. The second-order valence-electron chi connectivity index (χ2n) is 30.3. The van der Waals surface area contributed by atoms with Crippen molar-refractivity contribution >= 4 is 111 Å². The molecule has 18 rings (SSSR count). The molecule has 652 valence electrons. The van der Waals surface area contributed by atoms with Crippen LogP contribution in [0.2, 0.25) is 10.0 Å². The third-order valence-electron chi connectivity index (χ3n) is 22.0. The fourth-order valence-corrected chi connectivity index (χ4v) is 19.4. The van der Waals surface area contributed by atoms with Crippen molar-refractivity contribution in [3.05, 3.63) is 196 Å². The van der Waals surface area contributed by atoms with Crippen LogP contribution in [0.15, 0.2) is 94.5 Å². The smallest absolute Gasteiger partial charge is 0.293 e. The number of anilines is 2. The first kappa shape index (κ1) is 84.5. The van der Waals surface area contributed by atoms with E-state index in [9.17, 15) is 88.7 Å². The Balaban J connectivity index is 0.000000176. The average molecular weight is 1820 g/mol. The topological polar surface area (TPSA) is 336 Å². The maximum absolute atomic E-state index is 15.5. The zero-order chi connectivity index (χ0) is 88.3. The van der Waals surface area contributed by atoms with E-state index in [0.717, 1.165) is 42.8 Å². The van der Waals surface area contributed by atoms with E-state index in [2.05, 4.69) is 60.4 Å². The molecule has 48 heteroatoms. The highest BCUT2D eigenvalue weighted by molar-refractivity contribution is 7.93. The van der Waals surface area contributed by atoms with Gasteiger partial charge in [-0.3, -0.25) is 56.5 Å². The molecule has 0 spiro atoms. The lowest BCUT2D eigenvalue weighted by Crippen LogP contribution is -2.38. The molecule has 6 aliphatic rings. The molecule has 4 aromatic carbocycles. The molecule has 6 atom stereocenters. The molecule has 4 saturated carbocycles. The van der Waals surface area contributed by atoms with Crippen LogP contribution in [0, 0.1) is 35.1 Å². The quantitative estimate of drug-likeness (QED) is 0.0331. The van der Waals surface area contributed by atoms with Crippen molar-refractivity contribution in [1.29, 1.82) is 0 Å². The Hall–Kier alpha value is -11.7. The molecular formula is C76H60Cl2F16N18O10S2. The summed E-state index contributed by atoms with van der Waals surface area (Å²) in [6, 6.07) is 11.3. The number of nitrogens with zero attached hydrogens (tertiary/aromatic N) is 14. The number of carbonyl (C=O) groups is 2. The number of halogens is 18. The van der Waals surface area contributed by atoms with Gasteiger partial charge in [-0.25, -0.2) is 79.5 Å². The van der Waals surface area contributed by atoms with E-state index in [1.54, 1.807) is 0 Å². The van der Waals surface area contributed by atoms with Crippen molar-refractivity contribution in [2.75, 3.05) is 23.7 Å². The normalized spacial score (nSPS) is 18.4. The molecule has 0 aliphatic heterocycles. The van der Waals surface area contributed by atoms with E-state index in [1.165, 1.54) is 62.8 Å². The lowest BCUT2D eigenvalue weighted by molar-refractivity contribution is -0.123. The number of hydrogen-bond donors (Lipinski definition) is 4. The van der Waals surface area contributed by atoms with Gasteiger partial charge in [-0.2, -0.15) is 47.9 Å². The standard InChI is InChI=1S/2C38H30ClF8N9O5S/c2*1-61-27-7-4-19-34(49-27)50-36(56(37(19)58)24-6-5-22(39)29-31(24)54(13-25(42)43)52-35(29)53-62(59,60)18-2-3-18)23(10-15-8-16(40)11-17(41)9-15)48-26(57)14-55-32-28(30(51-55)33(44)45)20-12-21(20)38(32,46)47/h2*4-9,11,18,20-21,23,25,33H,2-3,10,12-14H2,1H3,(H,48,57)(H,52,53)/t20-,21+,23?;20-,21+,23-/m00/s1. The molecule has 12 aromatic rings. The molecule has 4 fully saturated rings. The van der Waals surface area contributed by atoms with Crippen LogP contribution in [0.25, 0.3) is 55.2 Å². The number of hydrogen-bond acceptors (Lipinski definition) is 18. The fourth-order valence-electron chi connectivity index (χ4n) is 16.3. The molecule has 8 aromatic heterocycles. The Kier molecular flexibility index (Phi) is 21.3. The maximum Gasteiger partial charge on any atom is 0.293 e. The molecule has 0 bridgehead atoms. The van der Waals surface area contributed by atoms with Crippen LogP contribution < -0.4 is 40.7 Å². The number of fused-ring (bicyclic) bond motifs is 10. The van der Waals surface area contributed by atoms with Gasteiger partial charge >= 0.3 is 0 Å². The number of aromatic nitrogens is 14. The SMILES string of the molecule is COc1ccc2c(=O)n(-c3ccc(Cl)c4c(NS(=O)(=O)C5CC5)nn(CC(F)F)c34)c(C(Cc3cc(F)cc(F)c3)NC(=O)Cn3nc(C(F)F)c4c3C(F)(F)[C@@H]3C[C@H]43)nc2n1.COc1ccc2c(=O)n(-c3ccc(Cl)c4c(NS(=O)(=O)C5CC5)nn(CC(F)F)c34)c([C@H](Cc3cc(F)cc(F)c3)NC(=O)Cn3nc(C(F)F)c4c3C(F)(F)[C@@H]3C[C@H]43)nc2n1. The van der Waals surface area contributed by atoms with Gasteiger partial charge < -0.3 is 20.1 Å². The van der Waals surface area contributed by atoms with Crippen molar-refractivity contribution < 1.29 is 106 Å². The fraction of sp³-hybridized carbons (Fsp3) is 0.368. The van der Waals surface area contributed by atoms with Crippen molar-refractivity contribution in [1.82, 2.24) is 78.8 Å². The zero-order valence-corrected chi connectivity index (χ0v) is 66.6. The lowest BCUT2D eigenvalue weighted by Gasteiger charge is -2.24. The van der Waals surface area contributed by atoms with Gasteiger partial charge in [-0.1, -0.05) is 23.2 Å². The Labute approximate surface area is 695 Å². The van der Waals surface area contributed by atoms with Gasteiger partial charge in [0.1, 0.15) is 83.9 Å². The first-order chi connectivity index (χ1) is 58.7. The van der Waals surface area contributed by atoms with Gasteiger partial charge in [-0.15, -0.1) is 0 Å². The van der Waals surface area contributed by atoms with Crippen LogP contribution in [-0.4, -0.2) is 134 Å². The predicted molar refractivity (Wildman–Crippen MR) is 409 cm³/mol. The molecule has 8 heterocycles. The predicted octanol–water partition coefficient (Wildman–Crippen LogP) is 13.4. The van der Waals surface area contributed by atoms with E-state index in [4.69, 9.17) is 32.7 Å². The molecule has 4 N–H and O–H groups in total. The van der Waals surface area contributed by atoms with E-state index in [1.807, 2.05) is 0 Å². The number of carbonyl (C=O) groups excluding carboxylic acids is 2. The van der Waals surface area contributed by atoms with Gasteiger partial charge in [0, 0.05) is 60.1 Å². The lowest BCUT2D eigenvalue weighted by atomic mass is 10.0. The van der Waals surface area contributed by atoms with Gasteiger partial charge in [0.05, 0.1) is 90.8 Å². The number of methoxy groups -OCH3 is 2. The molecule has 0 radical (unpaired) electrons. The Morgan fingerprint density at radius 3 is 1.20 bits per heavy atom. The third-order valence-corrected chi connectivity index (χ3v) is 26.3. The highest BCUT2D eigenvalue weighted by Crippen LogP contribution is 2.69. The van der Waals surface area contributed by atoms with Crippen LogP contribution in [0.4, 0.5) is 81.9 Å². The van der Waals surface area contributed by atoms with Crippen molar-refractivity contribution in [2.45, 2.75) is 150 Å². The molecule has 124 heavy (non-hydrogen) atoms. The first-order valence-electron chi connectivity index (χ1n) is 37.7. The zero-order valence-electron chi connectivity index (χ0n) is 63.5. The summed E-state index contributed by atoms with van der Waals surface area (Å²) in [6.07, 6.45) is -12.7. The minimum Gasteiger partial charge on any atom is -0.481 e. The van der Waals surface area contributed by atoms with Crippen molar-refractivity contribution in [3.63, 3.8) is 0 Å². The van der Waals surface area contributed by atoms with Crippen LogP contribution >= 0.6 is 23.2 Å². The van der Waals surface area contributed by atoms with E-state index >= 15 is 17.6 Å². The van der Waals surface area contributed by atoms with Gasteiger partial charge in [0.25, 0.3) is 48.7 Å². The Morgan fingerprint density at radius 1 is 0.508 bits per heavy atom. The second-order valence-corrected chi connectivity index (χ2v) is 35.1. The number of benzene rings is 4. The van der Waals surface area contributed by atoms with Crippen LogP contribution in [0.1, 0.15) is 132 Å². The summed E-state index contributed by atoms with van der Waals surface area (Å²) in [5.74, 6) is -19.9. The summed E-state index contributed by atoms with van der Waals surface area (Å²) in [4.78, 5) is 75.3. The van der Waals surface area contributed by atoms with E-state index < -0.39 is 235 Å². The molecular weight excluding hydrogens is 1760 g/mol. The monoisotopic (exact) mass is 1820 g/mol. The third kappa shape index (κ3) is 15.4. The van der Waals surface area contributed by atoms with Gasteiger partial charge in [0.15, 0.2) is 22.9 Å². The van der Waals surface area contributed by atoms with Crippen LogP contribution in [0.5, 0.6) is 11.8 Å². The number of ether oxygens (including phenoxy) is 2. The minimum atomic E-state index is -4.08. The summed E-state index contributed by atoms with van der Waals surface area (Å²) in [5, 5.41) is 17.9. The van der Waals surface area contributed by atoms with Crippen molar-refractivity contribution in [3.8, 4) is 23.1 Å². The summed E-state index contributed by atoms with van der Waals surface area (Å²) in [6.45, 7) is -4.44. The number of rotatable bonds is 28. The number of alkyl halides is 12. The van der Waals surface area contributed by atoms with Crippen LogP contribution in [-0.2, 0) is 80.5 Å². The molecule has 0 saturated heterocycles. The first-order valence-corrected chi connectivity index (χ1v) is 41.5. The molecule has 28 nitrogen and oxygen atoms in total. The average Bonchev–Trinajstić information content (AvgIpc) is 1.52. The van der Waals surface area contributed by atoms with E-state index in [-0.39, 0.29) is 112 Å². The second kappa shape index (κ2) is 31.2. The molecule has 6 aliphatic carbocycles. The molecule has 2 amide bonds. The number of sulfonamides is 2. The Morgan fingerprint density at radius 2 is 0.871 bits per heavy atom. The number of pyridine rings is 2. The highest BCUT2D eigenvalue weighted by atomic mass is 35.5. The highest BCUT2D eigenvalue weighted by Gasteiger charge is 2.68. The summed E-state index contributed by atoms with van der Waals surface area (Å²) in [7, 11) is -5.63. The Bertz CT molecular complexity index is 6390. The van der Waals surface area contributed by atoms with Crippen molar-refractivity contribution in [2.24, 2.45) is 11.8 Å². The maximum atomic E-state index is 15.5. The minimum absolute atomic E-state index is 0.0429. The van der Waals surface area contributed by atoms with Gasteiger partial charge in [0.2, 0.25) is 43.6 Å². The van der Waals surface area contributed by atoms with Crippen LogP contribution in [0.3, 0.4) is 0 Å². The largest absolute Gasteiger partial charge is 0.481 e. The summed E-state index contributed by atoms with van der Waals surface area (Å²) >= 11 is 13.2. The number of amides is 2.